The number of aryl methyl sites for hydroxylation is 1. The van der Waals surface area contributed by atoms with Gasteiger partial charge in [0.05, 0.1) is 5.92 Å². The molecule has 2 aliphatic rings. The smallest absolute Gasteiger partial charge is 0.231 e. The first-order valence-electron chi connectivity index (χ1n) is 7.81. The Morgan fingerprint density at radius 1 is 1.19 bits per heavy atom. The third kappa shape index (κ3) is 2.09. The van der Waals surface area contributed by atoms with Gasteiger partial charge in [0.2, 0.25) is 5.89 Å². The summed E-state index contributed by atoms with van der Waals surface area (Å²) in [6.45, 7) is 1.90. The second kappa shape index (κ2) is 4.95. The van der Waals surface area contributed by atoms with E-state index in [0.717, 1.165) is 11.7 Å². The number of rotatable bonds is 2. The van der Waals surface area contributed by atoms with Crippen molar-refractivity contribution in [2.24, 2.45) is 0 Å². The summed E-state index contributed by atoms with van der Waals surface area (Å²) in [5.74, 6) is 2.36. The lowest BCUT2D eigenvalue weighted by molar-refractivity contribution is 0.120. The highest BCUT2D eigenvalue weighted by atomic mass is 16.5. The first-order valence-corrected chi connectivity index (χ1v) is 7.81. The molecule has 110 valence electrons. The first kappa shape index (κ1) is 13.0. The lowest BCUT2D eigenvalue weighted by atomic mass is 9.76. The highest BCUT2D eigenvalue weighted by molar-refractivity contribution is 5.27. The minimum atomic E-state index is 0.317. The van der Waals surface area contributed by atoms with Gasteiger partial charge in [0, 0.05) is 12.1 Å². The molecule has 2 saturated heterocycles. The molecule has 4 rings (SSSR count). The van der Waals surface area contributed by atoms with Crippen molar-refractivity contribution < 1.29 is 4.52 Å². The molecule has 4 heteroatoms. The average Bonchev–Trinajstić information content (AvgIpc) is 3.01. The van der Waals surface area contributed by atoms with E-state index in [1.54, 1.807) is 0 Å². The summed E-state index contributed by atoms with van der Waals surface area (Å²) >= 11 is 0. The van der Waals surface area contributed by atoms with E-state index in [-0.39, 0.29) is 0 Å². The Morgan fingerprint density at radius 2 is 2.00 bits per heavy atom. The van der Waals surface area contributed by atoms with Crippen molar-refractivity contribution in [2.75, 3.05) is 7.05 Å². The highest BCUT2D eigenvalue weighted by Crippen LogP contribution is 2.50. The van der Waals surface area contributed by atoms with Gasteiger partial charge in [0.15, 0.2) is 5.82 Å². The van der Waals surface area contributed by atoms with E-state index in [9.17, 15) is 0 Å². The van der Waals surface area contributed by atoms with E-state index in [4.69, 9.17) is 4.52 Å². The molecule has 21 heavy (non-hydrogen) atoms. The van der Waals surface area contributed by atoms with Crippen molar-refractivity contribution in [2.45, 2.75) is 50.1 Å². The van der Waals surface area contributed by atoms with E-state index in [1.807, 2.05) is 6.92 Å². The van der Waals surface area contributed by atoms with Gasteiger partial charge in [-0.15, -0.1) is 0 Å². The second-order valence-electron chi connectivity index (χ2n) is 6.42. The first-order chi connectivity index (χ1) is 10.2. The molecule has 3 heterocycles. The number of benzene rings is 1. The van der Waals surface area contributed by atoms with Crippen LogP contribution in [0, 0.1) is 6.92 Å². The summed E-state index contributed by atoms with van der Waals surface area (Å²) in [5.41, 5.74) is 1.41. The maximum absolute atomic E-state index is 5.57. The minimum absolute atomic E-state index is 0.317. The van der Waals surface area contributed by atoms with E-state index in [1.165, 1.54) is 24.8 Å². The van der Waals surface area contributed by atoms with Crippen LogP contribution in [0.15, 0.2) is 34.9 Å². The molecule has 0 N–H and O–H groups in total. The van der Waals surface area contributed by atoms with E-state index >= 15 is 0 Å². The van der Waals surface area contributed by atoms with Crippen molar-refractivity contribution in [1.82, 2.24) is 15.0 Å². The molecule has 2 fully saturated rings. The van der Waals surface area contributed by atoms with Gasteiger partial charge in [0.25, 0.3) is 0 Å². The van der Waals surface area contributed by atoms with Gasteiger partial charge >= 0.3 is 0 Å². The largest absolute Gasteiger partial charge is 0.339 e. The van der Waals surface area contributed by atoms with Gasteiger partial charge in [-0.05, 0) is 44.7 Å². The molecule has 2 aromatic rings. The molecule has 0 unspecified atom stereocenters. The molecule has 0 saturated carbocycles. The van der Waals surface area contributed by atoms with Crippen LogP contribution in [0.5, 0.6) is 0 Å². The molecule has 2 aliphatic heterocycles. The van der Waals surface area contributed by atoms with Crippen LogP contribution in [0.3, 0.4) is 0 Å². The maximum Gasteiger partial charge on any atom is 0.231 e. The van der Waals surface area contributed by atoms with Crippen LogP contribution >= 0.6 is 0 Å². The molecular weight excluding hydrogens is 262 g/mol. The van der Waals surface area contributed by atoms with Crippen LogP contribution in [0.25, 0.3) is 0 Å². The fraction of sp³-hybridized carbons (Fsp3) is 0.529. The average molecular weight is 283 g/mol. The van der Waals surface area contributed by atoms with Crippen molar-refractivity contribution in [3.05, 3.63) is 47.6 Å². The van der Waals surface area contributed by atoms with Gasteiger partial charge in [-0.2, -0.15) is 4.98 Å². The summed E-state index contributed by atoms with van der Waals surface area (Å²) in [5, 5.41) is 4.02. The van der Waals surface area contributed by atoms with Crippen LogP contribution in [0.1, 0.15) is 48.4 Å². The maximum atomic E-state index is 5.57. The fourth-order valence-electron chi connectivity index (χ4n) is 4.29. The zero-order valence-corrected chi connectivity index (χ0v) is 12.6. The summed E-state index contributed by atoms with van der Waals surface area (Å²) in [7, 11) is 2.25. The number of aromatic nitrogens is 2. The number of fused-ring (bicyclic) bond motifs is 2. The van der Waals surface area contributed by atoms with E-state index in [0.29, 0.717) is 23.9 Å². The summed E-state index contributed by atoms with van der Waals surface area (Å²) < 4.78 is 5.57. The van der Waals surface area contributed by atoms with Crippen molar-refractivity contribution in [3.8, 4) is 0 Å². The zero-order chi connectivity index (χ0) is 14.4. The predicted octanol–water partition coefficient (Wildman–Crippen LogP) is 3.11. The fourth-order valence-corrected chi connectivity index (χ4v) is 4.29. The lowest BCUT2D eigenvalue weighted by Gasteiger charge is -2.41. The van der Waals surface area contributed by atoms with Crippen LogP contribution < -0.4 is 0 Å². The molecule has 1 aromatic heterocycles. The van der Waals surface area contributed by atoms with Crippen LogP contribution in [0.2, 0.25) is 0 Å². The third-order valence-electron chi connectivity index (χ3n) is 5.32. The molecular formula is C17H21N3O. The van der Waals surface area contributed by atoms with Gasteiger partial charge < -0.3 is 4.52 Å². The quantitative estimate of drug-likeness (QED) is 0.849. The Morgan fingerprint density at radius 3 is 2.71 bits per heavy atom. The van der Waals surface area contributed by atoms with Crippen LogP contribution in [-0.2, 0) is 0 Å². The van der Waals surface area contributed by atoms with Crippen LogP contribution in [0.4, 0.5) is 0 Å². The standard InChI is InChI=1S/C17H21N3O/c1-11-18-17(21-19-11)16-14(12-6-4-3-5-7-12)10-13-8-9-15(16)20(13)2/h3-7,13-16H,8-10H2,1-2H3/t13-,14-,15-,16+/m1/s1. The van der Waals surface area contributed by atoms with Gasteiger partial charge in [-0.25, -0.2) is 0 Å². The molecule has 0 amide bonds. The number of hydrogen-bond acceptors (Lipinski definition) is 4. The normalized spacial score (nSPS) is 32.5. The Hall–Kier alpha value is -1.68. The third-order valence-corrected chi connectivity index (χ3v) is 5.32. The summed E-state index contributed by atoms with van der Waals surface area (Å²) in [6, 6.07) is 12.0. The summed E-state index contributed by atoms with van der Waals surface area (Å²) in [6.07, 6.45) is 3.70. The molecule has 4 atom stereocenters. The topological polar surface area (TPSA) is 42.2 Å². The number of likely N-dealkylation sites (N-methyl/N-ethyl adjacent to an activating group) is 1. The van der Waals surface area contributed by atoms with E-state index < -0.39 is 0 Å². The number of piperidine rings is 1. The molecule has 0 spiro atoms. The molecule has 4 nitrogen and oxygen atoms in total. The van der Waals surface area contributed by atoms with Gasteiger partial charge in [-0.1, -0.05) is 35.5 Å². The molecule has 0 radical (unpaired) electrons. The summed E-state index contributed by atoms with van der Waals surface area (Å²) in [4.78, 5) is 7.09. The molecule has 0 aliphatic carbocycles. The van der Waals surface area contributed by atoms with Gasteiger partial charge in [-0.3, -0.25) is 4.90 Å². The Labute approximate surface area is 125 Å². The van der Waals surface area contributed by atoms with Crippen molar-refractivity contribution in [1.29, 1.82) is 0 Å². The van der Waals surface area contributed by atoms with Crippen molar-refractivity contribution >= 4 is 0 Å². The molecule has 1 aromatic carbocycles. The number of hydrogen-bond donors (Lipinski definition) is 0. The monoisotopic (exact) mass is 283 g/mol. The highest BCUT2D eigenvalue weighted by Gasteiger charge is 2.48. The Kier molecular flexibility index (Phi) is 3.07. The SMILES string of the molecule is Cc1noc([C@H]2[C@@H](c3ccccc3)C[C@H]3CC[C@H]2N3C)n1. The number of nitrogens with zero attached hydrogens (tertiary/aromatic N) is 3. The van der Waals surface area contributed by atoms with Crippen molar-refractivity contribution in [3.63, 3.8) is 0 Å². The van der Waals surface area contributed by atoms with Crippen LogP contribution in [-0.4, -0.2) is 34.2 Å². The zero-order valence-electron chi connectivity index (χ0n) is 12.6. The minimum Gasteiger partial charge on any atom is -0.339 e. The van der Waals surface area contributed by atoms with E-state index in [2.05, 4.69) is 52.4 Å². The lowest BCUT2D eigenvalue weighted by Crippen LogP contribution is -2.44. The molecule has 2 bridgehead atoms. The van der Waals surface area contributed by atoms with Gasteiger partial charge in [0.1, 0.15) is 0 Å². The predicted molar refractivity (Wildman–Crippen MR) is 80.1 cm³/mol. The second-order valence-corrected chi connectivity index (χ2v) is 6.42. The Bertz CT molecular complexity index is 624. The Balaban J connectivity index is 1.77.